The van der Waals surface area contributed by atoms with Gasteiger partial charge >= 0.3 is 6.18 Å². The largest absolute Gasteiger partial charge is 0.398 e. The molecule has 0 saturated carbocycles. The minimum absolute atomic E-state index is 0.00785. The van der Waals surface area contributed by atoms with Crippen LogP contribution in [0.25, 0.3) is 22.3 Å². The van der Waals surface area contributed by atoms with E-state index in [9.17, 15) is 13.2 Å². The van der Waals surface area contributed by atoms with E-state index in [1.54, 1.807) is 12.1 Å². The number of nitrogens with one attached hydrogen (secondary N) is 1. The summed E-state index contributed by atoms with van der Waals surface area (Å²) in [5, 5.41) is 3.67. The van der Waals surface area contributed by atoms with Crippen LogP contribution in [0.1, 0.15) is 77.8 Å². The molecule has 1 heterocycles. The molecule has 3 aromatic rings. The van der Waals surface area contributed by atoms with E-state index in [1.165, 1.54) is 12.5 Å². The predicted molar refractivity (Wildman–Crippen MR) is 153 cm³/mol. The molecule has 0 spiro atoms. The van der Waals surface area contributed by atoms with E-state index in [0.717, 1.165) is 41.5 Å². The van der Waals surface area contributed by atoms with Gasteiger partial charge in [0.25, 0.3) is 0 Å². The van der Waals surface area contributed by atoms with Gasteiger partial charge in [-0.1, -0.05) is 91.2 Å². The highest BCUT2D eigenvalue weighted by Gasteiger charge is 2.51. The van der Waals surface area contributed by atoms with Crippen molar-refractivity contribution in [2.75, 3.05) is 0 Å². The summed E-state index contributed by atoms with van der Waals surface area (Å²) in [7, 11) is 0. The minimum atomic E-state index is -4.31. The standard InChI is InChI=1S/C34H42F3N/c1-24-9-11-26(12-10-24)27-13-15-28(16-14-27)29-17-19-30(20-18-29)33(6,34(35,36)37)21-7-8-25-22-31(2,3)38-32(4,5)23-25/h9-20,25,38H,7-8,21-23H2,1-6H3. The number of hydrogen-bond donors (Lipinski definition) is 1. The Bertz CT molecular complexity index is 1190. The van der Waals surface area contributed by atoms with Crippen molar-refractivity contribution in [1.82, 2.24) is 5.32 Å². The van der Waals surface area contributed by atoms with Crippen LogP contribution in [0.15, 0.2) is 72.8 Å². The first kappa shape index (κ1) is 28.4. The molecule has 0 bridgehead atoms. The van der Waals surface area contributed by atoms with Gasteiger partial charge in [-0.15, -0.1) is 0 Å². The van der Waals surface area contributed by atoms with Crippen molar-refractivity contribution in [2.24, 2.45) is 5.92 Å². The first-order valence-corrected chi connectivity index (χ1v) is 13.8. The molecule has 4 heteroatoms. The number of piperidine rings is 1. The Hall–Kier alpha value is -2.59. The lowest BCUT2D eigenvalue weighted by Crippen LogP contribution is -2.57. The molecule has 0 amide bonds. The van der Waals surface area contributed by atoms with Crippen LogP contribution in [0.2, 0.25) is 0 Å². The maximum atomic E-state index is 14.4. The number of hydrogen-bond acceptors (Lipinski definition) is 1. The highest BCUT2D eigenvalue weighted by Crippen LogP contribution is 2.46. The molecule has 1 atom stereocenters. The SMILES string of the molecule is Cc1ccc(-c2ccc(-c3ccc(C(C)(CCCC4CC(C)(C)NC(C)(C)C4)C(F)(F)F)cc3)cc2)cc1. The quantitative estimate of drug-likeness (QED) is 0.326. The average Bonchev–Trinajstić information content (AvgIpc) is 2.82. The van der Waals surface area contributed by atoms with Crippen LogP contribution >= 0.6 is 0 Å². The summed E-state index contributed by atoms with van der Waals surface area (Å²) in [5.41, 5.74) is 3.91. The van der Waals surface area contributed by atoms with Crippen molar-refractivity contribution in [3.63, 3.8) is 0 Å². The fraction of sp³-hybridized carbons (Fsp3) is 0.471. The summed E-state index contributed by atoms with van der Waals surface area (Å²) < 4.78 is 43.3. The van der Waals surface area contributed by atoms with Crippen LogP contribution in [-0.4, -0.2) is 17.3 Å². The molecule has 4 rings (SSSR count). The monoisotopic (exact) mass is 521 g/mol. The smallest absolute Gasteiger partial charge is 0.307 e. The van der Waals surface area contributed by atoms with E-state index in [1.807, 2.05) is 24.3 Å². The van der Waals surface area contributed by atoms with Crippen molar-refractivity contribution >= 4 is 0 Å². The number of halogens is 3. The first-order chi connectivity index (χ1) is 17.7. The van der Waals surface area contributed by atoms with Crippen LogP contribution in [0, 0.1) is 12.8 Å². The topological polar surface area (TPSA) is 12.0 Å². The zero-order valence-electron chi connectivity index (χ0n) is 23.7. The molecule has 1 aliphatic rings. The summed E-state index contributed by atoms with van der Waals surface area (Å²) in [6, 6.07) is 23.6. The Balaban J connectivity index is 1.46. The summed E-state index contributed by atoms with van der Waals surface area (Å²) in [6.45, 7) is 12.2. The fourth-order valence-electron chi connectivity index (χ4n) is 6.56. The highest BCUT2D eigenvalue weighted by molar-refractivity contribution is 5.70. The van der Waals surface area contributed by atoms with Crippen LogP contribution in [0.3, 0.4) is 0 Å². The maximum Gasteiger partial charge on any atom is 0.398 e. The number of aryl methyl sites for hydroxylation is 1. The lowest BCUT2D eigenvalue weighted by molar-refractivity contribution is -0.188. The number of benzene rings is 3. The Morgan fingerprint density at radius 3 is 1.53 bits per heavy atom. The highest BCUT2D eigenvalue weighted by atomic mass is 19.4. The third-order valence-electron chi connectivity index (χ3n) is 8.31. The second-order valence-corrected chi connectivity index (χ2v) is 12.9. The van der Waals surface area contributed by atoms with Gasteiger partial charge in [0.1, 0.15) is 0 Å². The molecule has 1 saturated heterocycles. The van der Waals surface area contributed by atoms with Crippen LogP contribution in [-0.2, 0) is 5.41 Å². The van der Waals surface area contributed by atoms with Crippen LogP contribution < -0.4 is 5.32 Å². The van der Waals surface area contributed by atoms with Crippen molar-refractivity contribution < 1.29 is 13.2 Å². The Kier molecular flexibility index (Phi) is 7.87. The van der Waals surface area contributed by atoms with E-state index in [2.05, 4.69) is 76.3 Å². The van der Waals surface area contributed by atoms with Gasteiger partial charge in [0, 0.05) is 11.1 Å². The molecular weight excluding hydrogens is 479 g/mol. The third-order valence-corrected chi connectivity index (χ3v) is 8.31. The summed E-state index contributed by atoms with van der Waals surface area (Å²) in [5.74, 6) is 0.434. The van der Waals surface area contributed by atoms with Gasteiger partial charge in [-0.25, -0.2) is 0 Å². The third kappa shape index (κ3) is 6.51. The van der Waals surface area contributed by atoms with E-state index in [0.29, 0.717) is 17.9 Å². The molecule has 38 heavy (non-hydrogen) atoms. The van der Waals surface area contributed by atoms with E-state index in [4.69, 9.17) is 0 Å². The zero-order valence-corrected chi connectivity index (χ0v) is 23.7. The molecule has 204 valence electrons. The Morgan fingerprint density at radius 2 is 1.11 bits per heavy atom. The number of alkyl halides is 3. The van der Waals surface area contributed by atoms with Crippen LogP contribution in [0.4, 0.5) is 13.2 Å². The Labute approximate surface area is 226 Å². The van der Waals surface area contributed by atoms with Gasteiger partial charge in [0.05, 0.1) is 5.41 Å². The molecule has 3 aromatic carbocycles. The molecule has 1 nitrogen and oxygen atoms in total. The summed E-state index contributed by atoms with van der Waals surface area (Å²) in [4.78, 5) is 0. The lowest BCUT2D eigenvalue weighted by atomic mass is 9.72. The maximum absolute atomic E-state index is 14.4. The van der Waals surface area contributed by atoms with Crippen LogP contribution in [0.5, 0.6) is 0 Å². The first-order valence-electron chi connectivity index (χ1n) is 13.8. The molecular formula is C34H42F3N. The second-order valence-electron chi connectivity index (χ2n) is 12.9. The molecule has 1 aliphatic heterocycles. The second kappa shape index (κ2) is 10.5. The minimum Gasteiger partial charge on any atom is -0.307 e. The fourth-order valence-corrected chi connectivity index (χ4v) is 6.56. The van der Waals surface area contributed by atoms with Crippen molar-refractivity contribution in [3.8, 4) is 22.3 Å². The van der Waals surface area contributed by atoms with Gasteiger partial charge in [0.2, 0.25) is 0 Å². The van der Waals surface area contributed by atoms with E-state index in [-0.39, 0.29) is 17.5 Å². The van der Waals surface area contributed by atoms with Gasteiger partial charge in [0.15, 0.2) is 0 Å². The lowest BCUT2D eigenvalue weighted by Gasteiger charge is -2.47. The normalized spacial score (nSPS) is 19.2. The Morgan fingerprint density at radius 1 is 0.711 bits per heavy atom. The van der Waals surface area contributed by atoms with Gasteiger partial charge in [-0.2, -0.15) is 13.2 Å². The van der Waals surface area contributed by atoms with Gasteiger partial charge < -0.3 is 5.32 Å². The molecule has 1 unspecified atom stereocenters. The van der Waals surface area contributed by atoms with Crippen molar-refractivity contribution in [3.05, 3.63) is 83.9 Å². The van der Waals surface area contributed by atoms with Gasteiger partial charge in [-0.3, -0.25) is 0 Å². The zero-order chi connectivity index (χ0) is 27.8. The van der Waals surface area contributed by atoms with Crippen molar-refractivity contribution in [2.45, 2.75) is 96.3 Å². The van der Waals surface area contributed by atoms with E-state index < -0.39 is 11.6 Å². The van der Waals surface area contributed by atoms with E-state index >= 15 is 0 Å². The van der Waals surface area contributed by atoms with Crippen molar-refractivity contribution in [1.29, 1.82) is 0 Å². The summed E-state index contributed by atoms with van der Waals surface area (Å²) >= 11 is 0. The van der Waals surface area contributed by atoms with Gasteiger partial charge in [-0.05, 0) is 94.5 Å². The molecule has 1 N–H and O–H groups in total. The number of rotatable bonds is 7. The molecule has 0 aromatic heterocycles. The average molecular weight is 522 g/mol. The molecule has 0 aliphatic carbocycles. The molecule has 1 fully saturated rings. The summed E-state index contributed by atoms with van der Waals surface area (Å²) in [6.07, 6.45) is -0.823. The molecule has 0 radical (unpaired) electrons. The predicted octanol–water partition coefficient (Wildman–Crippen LogP) is 9.88.